The van der Waals surface area contributed by atoms with Gasteiger partial charge >= 0.3 is 6.09 Å². The van der Waals surface area contributed by atoms with Crippen LogP contribution in [0.1, 0.15) is 19.3 Å². The van der Waals surface area contributed by atoms with Crippen molar-refractivity contribution in [1.82, 2.24) is 10.6 Å². The van der Waals surface area contributed by atoms with Crippen molar-refractivity contribution in [3.8, 4) is 0 Å². The number of rotatable bonds is 11. The molecule has 2 N–H and O–H groups in total. The third-order valence-corrected chi connectivity index (χ3v) is 7.39. The number of ether oxygens (including phenoxy) is 2. The third-order valence-electron chi connectivity index (χ3n) is 4.68. The monoisotopic (exact) mass is 418 g/mol. The van der Waals surface area contributed by atoms with Crippen LogP contribution in [0.15, 0.2) is 0 Å². The van der Waals surface area contributed by atoms with Gasteiger partial charge in [0, 0.05) is 27.8 Å². The summed E-state index contributed by atoms with van der Waals surface area (Å²) in [6.07, 6.45) is 2.63. The van der Waals surface area contributed by atoms with Crippen LogP contribution >= 0.6 is 0 Å². The van der Waals surface area contributed by atoms with E-state index in [0.29, 0.717) is 19.1 Å². The van der Waals surface area contributed by atoms with Crippen LogP contribution in [0, 0.1) is 5.92 Å². The first-order valence-corrected chi connectivity index (χ1v) is 17.4. The van der Waals surface area contributed by atoms with Crippen molar-refractivity contribution >= 4 is 22.5 Å². The normalized spacial score (nSPS) is 18.8. The molecular weight excluding hydrogens is 376 g/mol. The van der Waals surface area contributed by atoms with Gasteiger partial charge in [-0.15, -0.1) is 0 Å². The lowest BCUT2D eigenvalue weighted by molar-refractivity contribution is 0.0492. The van der Waals surface area contributed by atoms with E-state index in [1.807, 2.05) is 7.05 Å². The molecule has 27 heavy (non-hydrogen) atoms. The van der Waals surface area contributed by atoms with E-state index in [2.05, 4.69) is 49.9 Å². The first kappa shape index (κ1) is 24.6. The number of likely N-dealkylation sites (N-methyl/N-ethyl adjacent to an activating group) is 1. The van der Waals surface area contributed by atoms with Crippen molar-refractivity contribution in [3.05, 3.63) is 0 Å². The summed E-state index contributed by atoms with van der Waals surface area (Å²) in [7, 11) is -1.02. The van der Waals surface area contributed by atoms with Crippen molar-refractivity contribution in [2.75, 3.05) is 33.4 Å². The number of amides is 1. The van der Waals surface area contributed by atoms with E-state index in [0.717, 1.165) is 38.5 Å². The second kappa shape index (κ2) is 11.6. The lowest BCUT2D eigenvalue weighted by atomic mass is 9.90. The molecule has 1 saturated heterocycles. The van der Waals surface area contributed by atoms with E-state index < -0.39 is 16.4 Å². The van der Waals surface area contributed by atoms with Gasteiger partial charge in [-0.25, -0.2) is 4.79 Å². The Morgan fingerprint density at radius 1 is 1.15 bits per heavy atom. The second-order valence-electron chi connectivity index (χ2n) is 9.82. The molecule has 2 atom stereocenters. The summed E-state index contributed by atoms with van der Waals surface area (Å²) in [5.74, 6) is 0.552. The van der Waals surface area contributed by atoms with Gasteiger partial charge in [-0.2, -0.15) is 0 Å². The summed E-state index contributed by atoms with van der Waals surface area (Å²) in [5.41, 5.74) is 0. The number of hydrogen-bond acceptors (Lipinski definition) is 5. The maximum absolute atomic E-state index is 12.4. The fourth-order valence-electron chi connectivity index (χ4n) is 3.21. The molecule has 0 aromatic rings. The van der Waals surface area contributed by atoms with Gasteiger partial charge in [-0.05, 0) is 57.9 Å². The molecule has 0 spiro atoms. The molecule has 1 aliphatic rings. The molecule has 0 unspecified atom stereocenters. The van der Waals surface area contributed by atoms with E-state index in [4.69, 9.17) is 13.9 Å². The summed E-state index contributed by atoms with van der Waals surface area (Å²) in [5, 5.41) is 6.36. The van der Waals surface area contributed by atoms with Crippen LogP contribution < -0.4 is 10.6 Å². The molecule has 0 aromatic carbocycles. The fourth-order valence-corrected chi connectivity index (χ4v) is 5.08. The Kier molecular flexibility index (Phi) is 10.5. The van der Waals surface area contributed by atoms with Crippen LogP contribution in [0.3, 0.4) is 0 Å². The molecule has 160 valence electrons. The Balaban J connectivity index is 2.73. The van der Waals surface area contributed by atoms with Crippen molar-refractivity contribution in [2.45, 2.75) is 76.7 Å². The maximum Gasteiger partial charge on any atom is 0.407 e. The van der Waals surface area contributed by atoms with Gasteiger partial charge in [0.1, 0.15) is 0 Å². The summed E-state index contributed by atoms with van der Waals surface area (Å²) in [4.78, 5) is 12.4. The van der Waals surface area contributed by atoms with Gasteiger partial charge in [0.25, 0.3) is 0 Å². The van der Waals surface area contributed by atoms with E-state index >= 15 is 0 Å². The van der Waals surface area contributed by atoms with Gasteiger partial charge in [-0.3, -0.25) is 0 Å². The zero-order valence-corrected chi connectivity index (χ0v) is 20.5. The van der Waals surface area contributed by atoms with E-state index in [1.165, 1.54) is 0 Å². The van der Waals surface area contributed by atoms with E-state index in [-0.39, 0.29) is 18.2 Å². The van der Waals surface area contributed by atoms with Crippen LogP contribution in [0.5, 0.6) is 0 Å². The molecule has 0 aliphatic carbocycles. The first-order chi connectivity index (χ1) is 12.5. The quantitative estimate of drug-likeness (QED) is 0.501. The molecule has 1 rings (SSSR count). The summed E-state index contributed by atoms with van der Waals surface area (Å²) < 4.78 is 17.4. The van der Waals surface area contributed by atoms with Gasteiger partial charge in [-0.1, -0.05) is 19.6 Å². The highest BCUT2D eigenvalue weighted by Crippen LogP contribution is 2.23. The van der Waals surface area contributed by atoms with E-state index in [9.17, 15) is 4.79 Å². The molecule has 1 amide bonds. The standard InChI is InChI=1S/C19H42N2O4Si2/c1-20-15-18(25-27(5,6)7)17(14-16-8-10-23-11-9-16)21-19(22)24-12-13-26(2,3)4/h16-18,20H,8-15H2,1-7H3,(H,21,22)/t17-,18+/m0/s1. The van der Waals surface area contributed by atoms with Crippen molar-refractivity contribution in [1.29, 1.82) is 0 Å². The van der Waals surface area contributed by atoms with Crippen LogP contribution in [-0.2, 0) is 13.9 Å². The smallest absolute Gasteiger partial charge is 0.407 e. The van der Waals surface area contributed by atoms with Gasteiger partial charge < -0.3 is 24.5 Å². The SMILES string of the molecule is CNC[C@@H](O[Si](C)(C)C)[C@H](CC1CCOCC1)NC(=O)OCC[Si](C)(C)C. The largest absolute Gasteiger partial charge is 0.450 e. The summed E-state index contributed by atoms with van der Waals surface area (Å²) in [6.45, 7) is 16.2. The number of carbonyl (C=O) groups excluding carboxylic acids is 1. The molecule has 1 aliphatic heterocycles. The number of carbonyl (C=O) groups is 1. The predicted molar refractivity (Wildman–Crippen MR) is 117 cm³/mol. The Bertz CT molecular complexity index is 432. The highest BCUT2D eigenvalue weighted by Gasteiger charge is 2.31. The van der Waals surface area contributed by atoms with Gasteiger partial charge in [0.15, 0.2) is 8.32 Å². The maximum atomic E-state index is 12.4. The Labute approximate surface area is 168 Å². The van der Waals surface area contributed by atoms with Crippen molar-refractivity contribution in [3.63, 3.8) is 0 Å². The van der Waals surface area contributed by atoms with Crippen LogP contribution in [-0.4, -0.2) is 68.0 Å². The molecule has 0 bridgehead atoms. The molecule has 0 aromatic heterocycles. The number of alkyl carbamates (subject to hydrolysis) is 1. The second-order valence-corrected chi connectivity index (χ2v) is 19.9. The Hall–Kier alpha value is -0.416. The Morgan fingerprint density at radius 3 is 2.30 bits per heavy atom. The van der Waals surface area contributed by atoms with Gasteiger partial charge in [0.05, 0.1) is 18.8 Å². The molecule has 8 heteroatoms. The van der Waals surface area contributed by atoms with E-state index in [1.54, 1.807) is 0 Å². The third kappa shape index (κ3) is 11.9. The summed E-state index contributed by atoms with van der Waals surface area (Å²) in [6, 6.07) is 0.933. The lowest BCUT2D eigenvalue weighted by Gasteiger charge is -2.35. The minimum atomic E-state index is -1.74. The minimum Gasteiger partial charge on any atom is -0.450 e. The molecule has 6 nitrogen and oxygen atoms in total. The van der Waals surface area contributed by atoms with Gasteiger partial charge in [0.2, 0.25) is 0 Å². The molecular formula is C19H42N2O4Si2. The summed E-state index contributed by atoms with van der Waals surface area (Å²) >= 11 is 0. The Morgan fingerprint density at radius 2 is 1.78 bits per heavy atom. The fraction of sp³-hybridized carbons (Fsp3) is 0.947. The first-order valence-electron chi connectivity index (χ1n) is 10.3. The average Bonchev–Trinajstić information content (AvgIpc) is 2.52. The number of hydrogen-bond donors (Lipinski definition) is 2. The zero-order valence-electron chi connectivity index (χ0n) is 18.5. The molecule has 0 saturated carbocycles. The highest BCUT2D eigenvalue weighted by molar-refractivity contribution is 6.76. The average molecular weight is 419 g/mol. The van der Waals surface area contributed by atoms with Crippen LogP contribution in [0.2, 0.25) is 45.3 Å². The molecule has 1 fully saturated rings. The van der Waals surface area contributed by atoms with Crippen LogP contribution in [0.4, 0.5) is 4.79 Å². The van der Waals surface area contributed by atoms with Crippen molar-refractivity contribution in [2.24, 2.45) is 5.92 Å². The minimum absolute atomic E-state index is 0.0472. The van der Waals surface area contributed by atoms with Crippen molar-refractivity contribution < 1.29 is 18.7 Å². The lowest BCUT2D eigenvalue weighted by Crippen LogP contribution is -2.52. The highest BCUT2D eigenvalue weighted by atomic mass is 28.4. The number of nitrogens with one attached hydrogen (secondary N) is 2. The molecule has 0 radical (unpaired) electrons. The zero-order chi connectivity index (χ0) is 20.5. The predicted octanol–water partition coefficient (Wildman–Crippen LogP) is 3.68. The van der Waals surface area contributed by atoms with Crippen LogP contribution in [0.25, 0.3) is 0 Å². The molecule has 1 heterocycles. The topological polar surface area (TPSA) is 68.8 Å².